The highest BCUT2D eigenvalue weighted by molar-refractivity contribution is 7.97. The van der Waals surface area contributed by atoms with Crippen LogP contribution in [0.5, 0.6) is 5.75 Å². The molecule has 0 N–H and O–H groups in total. The van der Waals surface area contributed by atoms with E-state index in [0.29, 0.717) is 19.0 Å². The van der Waals surface area contributed by atoms with Gasteiger partial charge in [-0.25, -0.2) is 12.8 Å². The number of ether oxygens (including phenoxy) is 3. The lowest BCUT2D eigenvalue weighted by atomic mass is 10.1. The zero-order valence-electron chi connectivity index (χ0n) is 19.8. The van der Waals surface area contributed by atoms with Gasteiger partial charge in [0.2, 0.25) is 0 Å². The van der Waals surface area contributed by atoms with Crippen LogP contribution in [-0.2, 0) is 36.3 Å². The molecule has 11 heteroatoms. The molecule has 0 amide bonds. The molecule has 0 radical (unpaired) electrons. The van der Waals surface area contributed by atoms with Crippen molar-refractivity contribution in [3.63, 3.8) is 0 Å². The highest BCUT2D eigenvalue weighted by Crippen LogP contribution is 2.36. The second-order valence-electron chi connectivity index (χ2n) is 8.38. The number of alkyl halides is 3. The van der Waals surface area contributed by atoms with Crippen LogP contribution in [0.4, 0.5) is 13.2 Å². The Balaban J connectivity index is 1.50. The van der Waals surface area contributed by atoms with Crippen LogP contribution in [0.15, 0.2) is 93.5 Å². The number of hydrogen-bond acceptors (Lipinski definition) is 6. The Kier molecular flexibility index (Phi) is 8.20. The van der Waals surface area contributed by atoms with Crippen molar-refractivity contribution in [1.82, 2.24) is 0 Å². The van der Waals surface area contributed by atoms with E-state index in [1.807, 2.05) is 73.7 Å². The molecule has 0 aliphatic carbocycles. The summed E-state index contributed by atoms with van der Waals surface area (Å²) in [6, 6.07) is 24.8. The van der Waals surface area contributed by atoms with Gasteiger partial charge >= 0.3 is 5.25 Å². The molecule has 0 aromatic heterocycles. The fourth-order valence-corrected chi connectivity index (χ4v) is 6.31. The molecule has 1 saturated heterocycles. The van der Waals surface area contributed by atoms with E-state index in [0.717, 1.165) is 20.2 Å². The first kappa shape index (κ1) is 27.5. The molecule has 2 atom stereocenters. The van der Waals surface area contributed by atoms with E-state index in [1.54, 1.807) is 12.1 Å². The van der Waals surface area contributed by atoms with Gasteiger partial charge in [-0.15, -0.1) is 0 Å². The summed E-state index contributed by atoms with van der Waals surface area (Å²) in [5.74, 6) is -0.483. The lowest BCUT2D eigenvalue weighted by molar-refractivity contribution is -0.149. The molecule has 0 bridgehead atoms. The Hall–Kier alpha value is -2.57. The van der Waals surface area contributed by atoms with Gasteiger partial charge in [0.1, 0.15) is 5.75 Å². The van der Waals surface area contributed by atoms with Crippen molar-refractivity contribution in [2.45, 2.75) is 45.2 Å². The van der Waals surface area contributed by atoms with Crippen molar-refractivity contribution in [2.75, 3.05) is 19.8 Å². The SMILES string of the molecule is CC1(c2ccc([S+](c3ccccc3)c3ccc(OCCC(F)C(F)(F)S(=O)(=O)[O-])cc3)cc2)OCCO1. The molecule has 1 aliphatic heterocycles. The second kappa shape index (κ2) is 11.0. The van der Waals surface area contributed by atoms with Gasteiger partial charge in [0.25, 0.3) is 0 Å². The van der Waals surface area contributed by atoms with Gasteiger partial charge in [-0.05, 0) is 67.6 Å². The smallest absolute Gasteiger partial charge is 0.364 e. The molecule has 6 nitrogen and oxygen atoms in total. The molecule has 0 saturated carbocycles. The summed E-state index contributed by atoms with van der Waals surface area (Å²) in [7, 11) is -6.58. The number of benzene rings is 3. The molecule has 3 aromatic rings. The Bertz CT molecular complexity index is 1280. The lowest BCUT2D eigenvalue weighted by Crippen LogP contribution is -2.39. The first-order chi connectivity index (χ1) is 17.5. The van der Waals surface area contributed by atoms with Crippen molar-refractivity contribution >= 4 is 21.0 Å². The van der Waals surface area contributed by atoms with Gasteiger partial charge in [-0.2, -0.15) is 8.78 Å². The summed E-state index contributed by atoms with van der Waals surface area (Å²) in [6.45, 7) is 2.43. The van der Waals surface area contributed by atoms with Gasteiger partial charge in [0.05, 0.1) is 30.7 Å². The van der Waals surface area contributed by atoms with Crippen molar-refractivity contribution in [2.24, 2.45) is 0 Å². The highest BCUT2D eigenvalue weighted by Gasteiger charge is 2.47. The van der Waals surface area contributed by atoms with Gasteiger partial charge in [-0.3, -0.25) is 0 Å². The third-order valence-electron chi connectivity index (χ3n) is 5.83. The van der Waals surface area contributed by atoms with Crippen LogP contribution in [0.2, 0.25) is 0 Å². The summed E-state index contributed by atoms with van der Waals surface area (Å²) < 4.78 is 88.8. The second-order valence-corrected chi connectivity index (χ2v) is 11.9. The Labute approximate surface area is 216 Å². The third kappa shape index (κ3) is 6.12. The highest BCUT2D eigenvalue weighted by atomic mass is 32.2. The summed E-state index contributed by atoms with van der Waals surface area (Å²) in [4.78, 5) is 3.08. The van der Waals surface area contributed by atoms with Gasteiger partial charge in [-0.1, -0.05) is 18.2 Å². The summed E-state index contributed by atoms with van der Waals surface area (Å²) >= 11 is 0. The van der Waals surface area contributed by atoms with E-state index in [-0.39, 0.29) is 0 Å². The fourth-order valence-electron chi connectivity index (χ4n) is 3.82. The monoisotopic (exact) mass is 554 g/mol. The van der Waals surface area contributed by atoms with E-state index in [1.165, 1.54) is 0 Å². The largest absolute Gasteiger partial charge is 0.743 e. The van der Waals surface area contributed by atoms with Crippen LogP contribution in [0, 0.1) is 0 Å². The molecule has 198 valence electrons. The van der Waals surface area contributed by atoms with E-state index in [2.05, 4.69) is 0 Å². The molecule has 1 fully saturated rings. The molecule has 2 unspecified atom stereocenters. The summed E-state index contributed by atoms with van der Waals surface area (Å²) in [6.07, 6.45) is -4.12. The molecule has 0 spiro atoms. The maximum atomic E-state index is 13.7. The molecule has 3 aromatic carbocycles. The van der Waals surface area contributed by atoms with E-state index >= 15 is 0 Å². The zero-order chi connectivity index (χ0) is 26.7. The Morgan fingerprint density at radius 2 is 1.46 bits per heavy atom. The van der Waals surface area contributed by atoms with E-state index in [9.17, 15) is 26.1 Å². The normalized spacial score (nSPS) is 17.3. The quantitative estimate of drug-likeness (QED) is 0.252. The van der Waals surface area contributed by atoms with Crippen LogP contribution < -0.4 is 4.74 Å². The van der Waals surface area contributed by atoms with E-state index in [4.69, 9.17) is 14.2 Å². The average Bonchev–Trinajstić information content (AvgIpc) is 3.33. The van der Waals surface area contributed by atoms with Crippen LogP contribution in [0.3, 0.4) is 0 Å². The Morgan fingerprint density at radius 3 is 2.00 bits per heavy atom. The molecule has 1 aliphatic rings. The predicted octanol–water partition coefficient (Wildman–Crippen LogP) is 5.25. The first-order valence-corrected chi connectivity index (χ1v) is 14.0. The van der Waals surface area contributed by atoms with Crippen molar-refractivity contribution in [3.05, 3.63) is 84.4 Å². The maximum absolute atomic E-state index is 13.7. The van der Waals surface area contributed by atoms with Crippen LogP contribution >= 0.6 is 0 Å². The number of halogens is 3. The zero-order valence-corrected chi connectivity index (χ0v) is 21.4. The van der Waals surface area contributed by atoms with E-state index < -0.39 is 51.3 Å². The molecular weight excluding hydrogens is 529 g/mol. The van der Waals surface area contributed by atoms with Crippen LogP contribution in [0.1, 0.15) is 18.9 Å². The third-order valence-corrected chi connectivity index (χ3v) is 8.98. The van der Waals surface area contributed by atoms with Crippen molar-refractivity contribution in [3.8, 4) is 5.75 Å². The fraction of sp³-hybridized carbons (Fsp3) is 0.308. The van der Waals surface area contributed by atoms with Crippen molar-refractivity contribution in [1.29, 1.82) is 0 Å². The van der Waals surface area contributed by atoms with Crippen LogP contribution in [-0.4, -0.2) is 44.2 Å². The number of rotatable bonds is 10. The van der Waals surface area contributed by atoms with Gasteiger partial charge in [0.15, 0.2) is 36.8 Å². The Morgan fingerprint density at radius 1 is 0.946 bits per heavy atom. The standard InChI is InChI=1S/C26H25F3O6S2/c1-25(34-17-18-35-25)19-7-11-22(12-8-19)36(21-5-3-2-4-6-21)23-13-9-20(10-14-23)33-16-15-24(27)26(28,29)37(30,31)32/h2-14,24H,15-18H2,1H3. The van der Waals surface area contributed by atoms with Gasteiger partial charge < -0.3 is 18.8 Å². The number of hydrogen-bond donors (Lipinski definition) is 0. The minimum atomic E-state index is -6.10. The molecular formula is C26H25F3O6S2. The minimum absolute atomic E-state index is 0.291. The molecule has 1 heterocycles. The first-order valence-electron chi connectivity index (χ1n) is 11.4. The van der Waals surface area contributed by atoms with Gasteiger partial charge in [0, 0.05) is 12.0 Å². The average molecular weight is 555 g/mol. The predicted molar refractivity (Wildman–Crippen MR) is 130 cm³/mol. The molecule has 37 heavy (non-hydrogen) atoms. The topological polar surface area (TPSA) is 84.9 Å². The molecule has 4 rings (SSSR count). The maximum Gasteiger partial charge on any atom is 0.364 e. The van der Waals surface area contributed by atoms with Crippen molar-refractivity contribution < 1.29 is 40.4 Å². The van der Waals surface area contributed by atoms with Crippen LogP contribution in [0.25, 0.3) is 0 Å². The minimum Gasteiger partial charge on any atom is -0.743 e. The summed E-state index contributed by atoms with van der Waals surface area (Å²) in [5, 5.41) is -5.01. The lowest BCUT2D eigenvalue weighted by Gasteiger charge is -2.23. The summed E-state index contributed by atoms with van der Waals surface area (Å²) in [5.41, 5.74) is 0.913.